The Morgan fingerprint density at radius 3 is 2.40 bits per heavy atom. The Morgan fingerprint density at radius 2 is 1.69 bits per heavy atom. The standard InChI is InChI=1S/C45H66N2O8/c1-6-8-12-20-45(21-13-9-7-2)53-37-28-32(41(50)47-23-19-39(49)46-24-25-48)27-36(40(37)55-45)52-42(51)33-15-11-10-14-30(33)26-31-16-17-38-44(5,54-38)22-18-35-34(31)29-43(35,3)4/h10-11,14-15,26,28,34-38,40,48H,6-9,12-13,16-25,27,29H2,1-5H3,(H,46,49)(H,47,50)/t34-,35-,36-,37-,38?,40+,44-/m1/s1. The first-order valence-electron chi connectivity index (χ1n) is 21.3. The van der Waals surface area contributed by atoms with Gasteiger partial charge in [-0.2, -0.15) is 0 Å². The van der Waals surface area contributed by atoms with Crippen molar-refractivity contribution in [3.63, 3.8) is 0 Å². The molecule has 6 rings (SSSR count). The van der Waals surface area contributed by atoms with Crippen LogP contribution < -0.4 is 10.6 Å². The summed E-state index contributed by atoms with van der Waals surface area (Å²) in [5, 5.41) is 14.5. The summed E-state index contributed by atoms with van der Waals surface area (Å²) < 4.78 is 26.3. The van der Waals surface area contributed by atoms with E-state index in [9.17, 15) is 14.4 Å². The summed E-state index contributed by atoms with van der Waals surface area (Å²) in [5.74, 6) is -0.767. The Balaban J connectivity index is 1.23. The zero-order chi connectivity index (χ0) is 39.2. The molecule has 1 unspecified atom stereocenters. The maximum Gasteiger partial charge on any atom is 0.339 e. The summed E-state index contributed by atoms with van der Waals surface area (Å²) in [4.78, 5) is 40.0. The van der Waals surface area contributed by atoms with Crippen molar-refractivity contribution >= 4 is 23.9 Å². The van der Waals surface area contributed by atoms with Gasteiger partial charge in [0.25, 0.3) is 0 Å². The molecule has 2 aliphatic heterocycles. The topological polar surface area (TPSA) is 136 Å². The Morgan fingerprint density at radius 1 is 0.945 bits per heavy atom. The van der Waals surface area contributed by atoms with Crippen LogP contribution in [0.4, 0.5) is 0 Å². The van der Waals surface area contributed by atoms with Crippen LogP contribution in [0.5, 0.6) is 0 Å². The smallest absolute Gasteiger partial charge is 0.339 e. The zero-order valence-corrected chi connectivity index (χ0v) is 34.0. The van der Waals surface area contributed by atoms with Crippen LogP contribution in [0.25, 0.3) is 6.08 Å². The number of carbonyl (C=O) groups is 3. The highest BCUT2D eigenvalue weighted by Crippen LogP contribution is 2.60. The van der Waals surface area contributed by atoms with Crippen LogP contribution in [0.1, 0.15) is 147 Å². The van der Waals surface area contributed by atoms with Gasteiger partial charge >= 0.3 is 5.97 Å². The number of carbonyl (C=O) groups excluding carboxylic acids is 3. The molecule has 1 aromatic rings. The summed E-state index contributed by atoms with van der Waals surface area (Å²) in [5.41, 5.74) is 3.47. The summed E-state index contributed by atoms with van der Waals surface area (Å²) >= 11 is 0. The first-order chi connectivity index (χ1) is 26.4. The zero-order valence-electron chi connectivity index (χ0n) is 34.0. The van der Waals surface area contributed by atoms with Crippen LogP contribution in [-0.2, 0) is 28.5 Å². The molecule has 304 valence electrons. The Kier molecular flexibility index (Phi) is 13.6. The molecule has 1 aromatic carbocycles. The number of hydrogen-bond donors (Lipinski definition) is 3. The number of allylic oxidation sites excluding steroid dienone is 1. The molecule has 10 nitrogen and oxygen atoms in total. The number of amides is 2. The highest BCUT2D eigenvalue weighted by Gasteiger charge is 2.56. The van der Waals surface area contributed by atoms with Gasteiger partial charge in [0.2, 0.25) is 11.8 Å². The normalized spacial score (nSPS) is 30.9. The number of unbranched alkanes of at least 4 members (excludes halogenated alkanes) is 4. The predicted octanol–water partition coefficient (Wildman–Crippen LogP) is 7.58. The lowest BCUT2D eigenvalue weighted by Crippen LogP contribution is -2.45. The minimum absolute atomic E-state index is 0.00000851. The molecule has 0 bridgehead atoms. The number of hydrogen-bond acceptors (Lipinski definition) is 8. The van der Waals surface area contributed by atoms with Crippen molar-refractivity contribution in [3.8, 4) is 0 Å². The predicted molar refractivity (Wildman–Crippen MR) is 212 cm³/mol. The lowest BCUT2D eigenvalue weighted by molar-refractivity contribution is -0.190. The van der Waals surface area contributed by atoms with Gasteiger partial charge in [-0.15, -0.1) is 0 Å². The third-order valence-electron chi connectivity index (χ3n) is 13.0. The molecule has 2 heterocycles. The number of aliphatic hydroxyl groups excluding tert-OH is 1. The molecule has 2 saturated carbocycles. The molecular weight excluding hydrogens is 697 g/mol. The van der Waals surface area contributed by atoms with Gasteiger partial charge in [-0.1, -0.05) is 83.2 Å². The van der Waals surface area contributed by atoms with Gasteiger partial charge in [-0.3, -0.25) is 9.59 Å². The van der Waals surface area contributed by atoms with Crippen LogP contribution in [-0.4, -0.2) is 78.4 Å². The number of esters is 1. The Hall–Kier alpha value is -3.05. The monoisotopic (exact) mass is 762 g/mol. The number of epoxide rings is 1. The van der Waals surface area contributed by atoms with Crippen LogP contribution in [0.3, 0.4) is 0 Å². The van der Waals surface area contributed by atoms with Gasteiger partial charge in [0.1, 0.15) is 18.3 Å². The van der Waals surface area contributed by atoms with E-state index in [1.54, 1.807) is 0 Å². The molecule has 4 fully saturated rings. The lowest BCUT2D eigenvalue weighted by Gasteiger charge is -2.53. The molecule has 0 spiro atoms. The fraction of sp³-hybridized carbons (Fsp3) is 0.711. The average molecular weight is 763 g/mol. The molecule has 3 N–H and O–H groups in total. The number of fused-ring (bicyclic) bond motifs is 3. The van der Waals surface area contributed by atoms with E-state index >= 15 is 0 Å². The van der Waals surface area contributed by atoms with Crippen molar-refractivity contribution in [2.24, 2.45) is 17.3 Å². The Bertz CT molecular complexity index is 1580. The van der Waals surface area contributed by atoms with E-state index in [0.29, 0.717) is 29.1 Å². The molecular formula is C45H66N2O8. The second-order valence-electron chi connectivity index (χ2n) is 17.6. The van der Waals surface area contributed by atoms with Crippen molar-refractivity contribution in [1.82, 2.24) is 10.6 Å². The van der Waals surface area contributed by atoms with Crippen molar-refractivity contribution in [2.75, 3.05) is 19.7 Å². The summed E-state index contributed by atoms with van der Waals surface area (Å²) in [7, 11) is 0. The second kappa shape index (κ2) is 18.0. The van der Waals surface area contributed by atoms with E-state index in [4.69, 9.17) is 24.1 Å². The van der Waals surface area contributed by atoms with E-state index in [2.05, 4.69) is 51.3 Å². The number of nitrogens with one attached hydrogen (secondary N) is 2. The van der Waals surface area contributed by atoms with Gasteiger partial charge in [-0.25, -0.2) is 4.79 Å². The quantitative estimate of drug-likeness (QED) is 0.0841. The van der Waals surface area contributed by atoms with Gasteiger partial charge in [0.05, 0.1) is 23.9 Å². The van der Waals surface area contributed by atoms with E-state index in [-0.39, 0.29) is 55.4 Å². The van der Waals surface area contributed by atoms with Gasteiger partial charge < -0.3 is 34.7 Å². The van der Waals surface area contributed by atoms with Crippen LogP contribution >= 0.6 is 0 Å². The average Bonchev–Trinajstić information content (AvgIpc) is 3.64. The number of rotatable bonds is 17. The van der Waals surface area contributed by atoms with E-state index in [1.165, 1.54) is 5.57 Å². The molecule has 10 heteroatoms. The molecule has 55 heavy (non-hydrogen) atoms. The number of ether oxygens (including phenoxy) is 4. The van der Waals surface area contributed by atoms with E-state index < -0.39 is 30.1 Å². The van der Waals surface area contributed by atoms with Crippen LogP contribution in [0, 0.1) is 17.3 Å². The van der Waals surface area contributed by atoms with Crippen LogP contribution in [0.2, 0.25) is 0 Å². The SMILES string of the molecule is CCCCCC1(CCCCC)O[C@@H]2[C@@H](C=C(C(=O)NCCC(=O)NCCO)C[C@H]2OC(=O)c2ccccc2C=C2CCC3O[C@]3(C)CC[C@@H]3[C@@H]2CC3(C)C)O1. The van der Waals surface area contributed by atoms with Gasteiger partial charge in [0.15, 0.2) is 5.79 Å². The first kappa shape index (κ1) is 41.6. The minimum Gasteiger partial charge on any atom is -0.456 e. The molecule has 0 radical (unpaired) electrons. The minimum atomic E-state index is -0.814. The van der Waals surface area contributed by atoms with Crippen LogP contribution in [0.15, 0.2) is 41.5 Å². The Labute approximate surface area is 328 Å². The fourth-order valence-corrected chi connectivity index (χ4v) is 9.70. The molecule has 2 amide bonds. The maximum atomic E-state index is 14.3. The first-order valence-corrected chi connectivity index (χ1v) is 21.3. The van der Waals surface area contributed by atoms with E-state index in [0.717, 1.165) is 89.0 Å². The lowest BCUT2D eigenvalue weighted by atomic mass is 9.52. The molecule has 0 aromatic heterocycles. The highest BCUT2D eigenvalue weighted by molar-refractivity contribution is 5.95. The van der Waals surface area contributed by atoms with Crippen molar-refractivity contribution in [2.45, 2.75) is 167 Å². The number of benzene rings is 1. The van der Waals surface area contributed by atoms with Crippen molar-refractivity contribution in [1.29, 1.82) is 0 Å². The highest BCUT2D eigenvalue weighted by atomic mass is 16.8. The van der Waals surface area contributed by atoms with Crippen molar-refractivity contribution in [3.05, 3.63) is 52.6 Å². The maximum absolute atomic E-state index is 14.3. The van der Waals surface area contributed by atoms with Crippen molar-refractivity contribution < 1.29 is 38.4 Å². The second-order valence-corrected chi connectivity index (χ2v) is 17.6. The van der Waals surface area contributed by atoms with Gasteiger partial charge in [-0.05, 0) is 86.8 Å². The molecule has 2 saturated heterocycles. The summed E-state index contributed by atoms with van der Waals surface area (Å²) in [6.45, 7) is 11.5. The largest absolute Gasteiger partial charge is 0.456 e. The third-order valence-corrected chi connectivity index (χ3v) is 13.0. The molecule has 5 aliphatic rings. The third kappa shape index (κ3) is 9.92. The fourth-order valence-electron chi connectivity index (χ4n) is 9.70. The van der Waals surface area contributed by atoms with Gasteiger partial charge in [0, 0.05) is 44.3 Å². The number of aliphatic hydroxyl groups is 1. The molecule has 3 aliphatic carbocycles. The van der Waals surface area contributed by atoms with E-state index in [1.807, 2.05) is 30.3 Å². The molecule has 7 atom stereocenters. The summed E-state index contributed by atoms with van der Waals surface area (Å²) in [6.07, 6.45) is 15.7. The summed E-state index contributed by atoms with van der Waals surface area (Å²) in [6, 6.07) is 7.70.